The van der Waals surface area contributed by atoms with Gasteiger partial charge in [0.2, 0.25) is 5.91 Å². The van der Waals surface area contributed by atoms with Crippen LogP contribution in [0.3, 0.4) is 0 Å². The van der Waals surface area contributed by atoms with Crippen molar-refractivity contribution in [2.24, 2.45) is 0 Å². The summed E-state index contributed by atoms with van der Waals surface area (Å²) in [5.41, 5.74) is 2.26. The highest BCUT2D eigenvalue weighted by Gasteiger charge is 2.22. The minimum Gasteiger partial charge on any atom is -0.381 e. The average molecular weight is 456 g/mol. The van der Waals surface area contributed by atoms with E-state index in [0.717, 1.165) is 41.7 Å². The standard InChI is InChI=1S/C25H33N3O3S/c1-5-6-7-8-9-10-22(20-12-14-23(32(4)31)18(2)15-20)25(30)28-24-17-26-21(16-27-24)13-11-19(3)29/h12,14-17,19,22,29H,5-10H2,1-4H3,(H,27,28,30). The van der Waals surface area contributed by atoms with E-state index in [1.165, 1.54) is 25.2 Å². The monoisotopic (exact) mass is 455 g/mol. The molecule has 2 aromatic rings. The Morgan fingerprint density at radius 1 is 1.19 bits per heavy atom. The molecule has 6 nitrogen and oxygen atoms in total. The van der Waals surface area contributed by atoms with Gasteiger partial charge in [-0.15, -0.1) is 0 Å². The van der Waals surface area contributed by atoms with E-state index in [1.54, 1.807) is 13.2 Å². The first-order valence-electron chi connectivity index (χ1n) is 11.1. The van der Waals surface area contributed by atoms with Crippen LogP contribution in [0.2, 0.25) is 0 Å². The van der Waals surface area contributed by atoms with Crippen LogP contribution in [0.5, 0.6) is 0 Å². The lowest BCUT2D eigenvalue weighted by molar-refractivity contribution is -0.117. The van der Waals surface area contributed by atoms with Crippen LogP contribution < -0.4 is 5.32 Å². The number of carbonyl (C=O) groups is 1. The summed E-state index contributed by atoms with van der Waals surface area (Å²) in [6.07, 6.45) is 10.2. The third kappa shape index (κ3) is 8.18. The Balaban J connectivity index is 2.17. The topological polar surface area (TPSA) is 92.2 Å². The molecule has 172 valence electrons. The number of aliphatic hydroxyl groups excluding tert-OH is 1. The molecule has 3 atom stereocenters. The number of aliphatic hydroxyl groups is 1. The zero-order chi connectivity index (χ0) is 23.5. The van der Waals surface area contributed by atoms with Crippen LogP contribution in [0.15, 0.2) is 35.5 Å². The molecule has 0 radical (unpaired) electrons. The Bertz CT molecular complexity index is 978. The van der Waals surface area contributed by atoms with Gasteiger partial charge in [0.15, 0.2) is 5.82 Å². The van der Waals surface area contributed by atoms with E-state index in [1.807, 2.05) is 25.1 Å². The number of anilines is 1. The SMILES string of the molecule is CCCCCCCC(C(=O)Nc1cnc(C#CC(C)O)cn1)c1ccc(S(C)=O)c(C)c1. The average Bonchev–Trinajstić information content (AvgIpc) is 2.75. The maximum absolute atomic E-state index is 13.2. The van der Waals surface area contributed by atoms with Crippen molar-refractivity contribution in [2.75, 3.05) is 11.6 Å². The van der Waals surface area contributed by atoms with Gasteiger partial charge in [0, 0.05) is 11.2 Å². The predicted octanol–water partition coefficient (Wildman–Crippen LogP) is 4.34. The van der Waals surface area contributed by atoms with Gasteiger partial charge in [0.05, 0.1) is 29.1 Å². The molecular formula is C25H33N3O3S. The maximum Gasteiger partial charge on any atom is 0.233 e. The summed E-state index contributed by atoms with van der Waals surface area (Å²) in [5, 5.41) is 12.1. The van der Waals surface area contributed by atoms with Gasteiger partial charge >= 0.3 is 0 Å². The first-order valence-corrected chi connectivity index (χ1v) is 12.6. The molecule has 0 saturated heterocycles. The Morgan fingerprint density at radius 3 is 2.53 bits per heavy atom. The minimum absolute atomic E-state index is 0.137. The highest BCUT2D eigenvalue weighted by molar-refractivity contribution is 7.84. The Labute approximate surface area is 193 Å². The molecule has 0 aliphatic rings. The number of nitrogens with zero attached hydrogens (tertiary/aromatic N) is 2. The zero-order valence-corrected chi connectivity index (χ0v) is 20.2. The second-order valence-corrected chi connectivity index (χ2v) is 9.30. The largest absolute Gasteiger partial charge is 0.381 e. The third-order valence-corrected chi connectivity index (χ3v) is 6.21. The summed E-state index contributed by atoms with van der Waals surface area (Å²) in [6.45, 7) is 5.68. The molecule has 0 spiro atoms. The number of carbonyl (C=O) groups excluding carboxylic acids is 1. The van der Waals surface area contributed by atoms with Gasteiger partial charge in [-0.1, -0.05) is 57.1 Å². The van der Waals surface area contributed by atoms with Gasteiger partial charge in [-0.3, -0.25) is 9.00 Å². The molecule has 2 rings (SSSR count). The first kappa shape index (κ1) is 25.7. The van der Waals surface area contributed by atoms with E-state index in [0.29, 0.717) is 11.5 Å². The highest BCUT2D eigenvalue weighted by atomic mass is 32.2. The quantitative estimate of drug-likeness (QED) is 0.411. The fraction of sp³-hybridized carbons (Fsp3) is 0.480. The molecule has 2 N–H and O–H groups in total. The number of amides is 1. The second-order valence-electron chi connectivity index (χ2n) is 7.96. The molecule has 32 heavy (non-hydrogen) atoms. The molecule has 0 aliphatic carbocycles. The minimum atomic E-state index is -1.07. The van der Waals surface area contributed by atoms with Gasteiger partial charge in [-0.2, -0.15) is 0 Å². The molecule has 3 unspecified atom stereocenters. The van der Waals surface area contributed by atoms with Crippen molar-refractivity contribution in [1.82, 2.24) is 9.97 Å². The number of hydrogen-bond donors (Lipinski definition) is 2. The van der Waals surface area contributed by atoms with Crippen LogP contribution >= 0.6 is 0 Å². The van der Waals surface area contributed by atoms with Crippen molar-refractivity contribution in [3.05, 3.63) is 47.4 Å². The predicted molar refractivity (Wildman–Crippen MR) is 129 cm³/mol. The lowest BCUT2D eigenvalue weighted by Gasteiger charge is -2.18. The van der Waals surface area contributed by atoms with E-state index in [4.69, 9.17) is 0 Å². The summed E-state index contributed by atoms with van der Waals surface area (Å²) < 4.78 is 11.9. The number of rotatable bonds is 10. The molecule has 0 fully saturated rings. The van der Waals surface area contributed by atoms with Crippen molar-refractivity contribution in [3.8, 4) is 11.8 Å². The Morgan fingerprint density at radius 2 is 1.94 bits per heavy atom. The van der Waals surface area contributed by atoms with Gasteiger partial charge in [-0.25, -0.2) is 9.97 Å². The summed E-state index contributed by atoms with van der Waals surface area (Å²) in [7, 11) is -1.07. The fourth-order valence-corrected chi connectivity index (χ4v) is 4.23. The first-order chi connectivity index (χ1) is 15.3. The smallest absolute Gasteiger partial charge is 0.233 e. The van der Waals surface area contributed by atoms with Crippen molar-refractivity contribution in [1.29, 1.82) is 0 Å². The molecule has 1 aromatic carbocycles. The lowest BCUT2D eigenvalue weighted by Crippen LogP contribution is -2.22. The molecule has 1 heterocycles. The summed E-state index contributed by atoms with van der Waals surface area (Å²) in [6, 6.07) is 5.72. The van der Waals surface area contributed by atoms with Crippen molar-refractivity contribution < 1.29 is 14.1 Å². The number of benzene rings is 1. The number of unbranched alkanes of at least 4 members (excludes halogenated alkanes) is 4. The molecule has 0 saturated carbocycles. The number of aromatic nitrogens is 2. The Kier molecular flexibility index (Phi) is 10.5. The van der Waals surface area contributed by atoms with Crippen molar-refractivity contribution >= 4 is 22.5 Å². The number of aryl methyl sites for hydroxylation is 1. The normalized spacial score (nSPS) is 13.5. The second kappa shape index (κ2) is 13.1. The van der Waals surface area contributed by atoms with E-state index < -0.39 is 16.9 Å². The lowest BCUT2D eigenvalue weighted by atomic mass is 9.91. The van der Waals surface area contributed by atoms with Crippen molar-refractivity contribution in [3.63, 3.8) is 0 Å². The van der Waals surface area contributed by atoms with Gasteiger partial charge in [-0.05, 0) is 43.4 Å². The van der Waals surface area contributed by atoms with E-state index in [-0.39, 0.29) is 11.8 Å². The van der Waals surface area contributed by atoms with Gasteiger partial charge in [0.25, 0.3) is 0 Å². The van der Waals surface area contributed by atoms with Crippen LogP contribution in [0.4, 0.5) is 5.82 Å². The summed E-state index contributed by atoms with van der Waals surface area (Å²) in [4.78, 5) is 22.4. The number of nitrogens with one attached hydrogen (secondary N) is 1. The Hall–Kier alpha value is -2.56. The molecule has 7 heteroatoms. The molecule has 1 aromatic heterocycles. The van der Waals surface area contributed by atoms with Crippen LogP contribution in [-0.4, -0.2) is 37.6 Å². The molecule has 1 amide bonds. The van der Waals surface area contributed by atoms with Crippen molar-refractivity contribution in [2.45, 2.75) is 76.2 Å². The number of hydrogen-bond acceptors (Lipinski definition) is 5. The summed E-state index contributed by atoms with van der Waals surface area (Å²) in [5.74, 6) is 5.23. The summed E-state index contributed by atoms with van der Waals surface area (Å²) >= 11 is 0. The molecular weight excluding hydrogens is 422 g/mol. The third-order valence-electron chi connectivity index (χ3n) is 5.14. The van der Waals surface area contributed by atoms with Crippen LogP contribution in [-0.2, 0) is 15.6 Å². The van der Waals surface area contributed by atoms with Crippen LogP contribution in [0, 0.1) is 18.8 Å². The molecule has 0 aliphatic heterocycles. The fourth-order valence-electron chi connectivity index (χ4n) is 3.46. The van der Waals surface area contributed by atoms with Gasteiger partial charge in [0.1, 0.15) is 11.8 Å². The van der Waals surface area contributed by atoms with Crippen LogP contribution in [0.25, 0.3) is 0 Å². The van der Waals surface area contributed by atoms with Gasteiger partial charge < -0.3 is 10.4 Å². The maximum atomic E-state index is 13.2. The van der Waals surface area contributed by atoms with E-state index in [9.17, 15) is 14.1 Å². The van der Waals surface area contributed by atoms with E-state index in [2.05, 4.69) is 34.0 Å². The highest BCUT2D eigenvalue weighted by Crippen LogP contribution is 2.27. The molecule has 0 bridgehead atoms. The van der Waals surface area contributed by atoms with Crippen LogP contribution in [0.1, 0.15) is 75.1 Å². The van der Waals surface area contributed by atoms with E-state index >= 15 is 0 Å². The zero-order valence-electron chi connectivity index (χ0n) is 19.4.